The molecule has 1 rings (SSSR count). The van der Waals surface area contributed by atoms with Gasteiger partial charge < -0.3 is 15.3 Å². The molecular formula is C12H18O3. The standard InChI is InChI=1S/C12H18O3/c1-2-12(8-13,9-14)7-10-4-3-5-11(15)6-10/h3-6,13-15H,2,7-9H2,1H3. The summed E-state index contributed by atoms with van der Waals surface area (Å²) in [5, 5.41) is 27.9. The molecule has 0 bridgehead atoms. The molecule has 0 saturated heterocycles. The second-order valence-electron chi connectivity index (χ2n) is 4.02. The summed E-state index contributed by atoms with van der Waals surface area (Å²) in [6, 6.07) is 6.92. The van der Waals surface area contributed by atoms with Crippen molar-refractivity contribution in [3.8, 4) is 5.75 Å². The van der Waals surface area contributed by atoms with E-state index in [1.54, 1.807) is 18.2 Å². The lowest BCUT2D eigenvalue weighted by Gasteiger charge is -2.28. The van der Waals surface area contributed by atoms with Crippen molar-refractivity contribution in [3.63, 3.8) is 0 Å². The Bertz CT molecular complexity index is 297. The van der Waals surface area contributed by atoms with E-state index in [-0.39, 0.29) is 19.0 Å². The lowest BCUT2D eigenvalue weighted by molar-refractivity contribution is 0.0513. The van der Waals surface area contributed by atoms with Crippen molar-refractivity contribution in [2.45, 2.75) is 19.8 Å². The smallest absolute Gasteiger partial charge is 0.115 e. The molecule has 0 atom stereocenters. The highest BCUT2D eigenvalue weighted by Crippen LogP contribution is 2.27. The largest absolute Gasteiger partial charge is 0.508 e. The first-order chi connectivity index (χ1) is 7.15. The molecule has 0 amide bonds. The summed E-state index contributed by atoms with van der Waals surface area (Å²) in [4.78, 5) is 0. The number of aliphatic hydroxyl groups excluding tert-OH is 2. The maximum absolute atomic E-state index is 9.30. The van der Waals surface area contributed by atoms with Crippen LogP contribution >= 0.6 is 0 Å². The maximum Gasteiger partial charge on any atom is 0.115 e. The first-order valence-electron chi connectivity index (χ1n) is 5.15. The van der Waals surface area contributed by atoms with Gasteiger partial charge in [-0.1, -0.05) is 19.1 Å². The molecule has 1 aromatic rings. The normalized spacial score (nSPS) is 11.7. The van der Waals surface area contributed by atoms with E-state index in [9.17, 15) is 15.3 Å². The Hall–Kier alpha value is -1.06. The highest BCUT2D eigenvalue weighted by Gasteiger charge is 2.26. The van der Waals surface area contributed by atoms with Crippen LogP contribution in [-0.2, 0) is 6.42 Å². The van der Waals surface area contributed by atoms with Crippen LogP contribution in [0.5, 0.6) is 5.75 Å². The molecule has 3 N–H and O–H groups in total. The zero-order valence-corrected chi connectivity index (χ0v) is 8.98. The van der Waals surface area contributed by atoms with Crippen LogP contribution in [0.15, 0.2) is 24.3 Å². The van der Waals surface area contributed by atoms with Crippen LogP contribution < -0.4 is 0 Å². The summed E-state index contributed by atoms with van der Waals surface area (Å²) in [6.45, 7) is 1.85. The molecule has 1 aromatic carbocycles. The fourth-order valence-corrected chi connectivity index (χ4v) is 1.61. The Labute approximate surface area is 90.0 Å². The number of aliphatic hydroxyl groups is 2. The topological polar surface area (TPSA) is 60.7 Å². The molecule has 0 aromatic heterocycles. The van der Waals surface area contributed by atoms with Gasteiger partial charge in [-0.3, -0.25) is 0 Å². The SMILES string of the molecule is CCC(CO)(CO)Cc1cccc(O)c1. The van der Waals surface area contributed by atoms with Gasteiger partial charge >= 0.3 is 0 Å². The maximum atomic E-state index is 9.30. The average molecular weight is 210 g/mol. The summed E-state index contributed by atoms with van der Waals surface area (Å²) in [5.41, 5.74) is 0.452. The molecule has 0 unspecified atom stereocenters. The number of hydrogen-bond acceptors (Lipinski definition) is 3. The lowest BCUT2D eigenvalue weighted by atomic mass is 9.81. The molecule has 0 spiro atoms. The molecule has 0 fully saturated rings. The van der Waals surface area contributed by atoms with Gasteiger partial charge in [0.25, 0.3) is 0 Å². The molecule has 15 heavy (non-hydrogen) atoms. The van der Waals surface area contributed by atoms with Gasteiger partial charge in [-0.25, -0.2) is 0 Å². The van der Waals surface area contributed by atoms with Crippen molar-refractivity contribution in [2.24, 2.45) is 5.41 Å². The molecule has 0 aliphatic rings. The van der Waals surface area contributed by atoms with Gasteiger partial charge in [0.1, 0.15) is 5.75 Å². The Kier molecular flexibility index (Phi) is 4.12. The molecule has 3 nitrogen and oxygen atoms in total. The summed E-state index contributed by atoms with van der Waals surface area (Å²) < 4.78 is 0. The average Bonchev–Trinajstić information content (AvgIpc) is 2.26. The highest BCUT2D eigenvalue weighted by atomic mass is 16.3. The van der Waals surface area contributed by atoms with E-state index in [0.717, 1.165) is 5.56 Å². The molecule has 84 valence electrons. The summed E-state index contributed by atoms with van der Waals surface area (Å²) in [5.74, 6) is 0.216. The van der Waals surface area contributed by atoms with Crippen molar-refractivity contribution < 1.29 is 15.3 Å². The van der Waals surface area contributed by atoms with Crippen molar-refractivity contribution in [3.05, 3.63) is 29.8 Å². The predicted molar refractivity (Wildman–Crippen MR) is 58.7 cm³/mol. The van der Waals surface area contributed by atoms with E-state index in [4.69, 9.17) is 0 Å². The van der Waals surface area contributed by atoms with E-state index in [1.807, 2.05) is 13.0 Å². The minimum absolute atomic E-state index is 0.0460. The van der Waals surface area contributed by atoms with Gasteiger partial charge in [0, 0.05) is 5.41 Å². The Morgan fingerprint density at radius 2 is 1.87 bits per heavy atom. The summed E-state index contributed by atoms with van der Waals surface area (Å²) in [6.07, 6.45) is 1.28. The van der Waals surface area contributed by atoms with Crippen LogP contribution in [0.4, 0.5) is 0 Å². The summed E-state index contributed by atoms with van der Waals surface area (Å²) in [7, 11) is 0. The minimum atomic E-state index is -0.478. The summed E-state index contributed by atoms with van der Waals surface area (Å²) >= 11 is 0. The van der Waals surface area contributed by atoms with E-state index >= 15 is 0 Å². The highest BCUT2D eigenvalue weighted by molar-refractivity contribution is 5.28. The van der Waals surface area contributed by atoms with Gasteiger partial charge in [-0.05, 0) is 30.5 Å². The zero-order valence-electron chi connectivity index (χ0n) is 8.98. The Balaban J connectivity index is 2.82. The van der Waals surface area contributed by atoms with Gasteiger partial charge in [0.15, 0.2) is 0 Å². The quantitative estimate of drug-likeness (QED) is 0.686. The third-order valence-corrected chi connectivity index (χ3v) is 2.91. The molecule has 0 aliphatic heterocycles. The molecule has 0 saturated carbocycles. The third kappa shape index (κ3) is 2.94. The second kappa shape index (κ2) is 5.14. The third-order valence-electron chi connectivity index (χ3n) is 2.91. The van der Waals surface area contributed by atoms with Gasteiger partial charge in [-0.15, -0.1) is 0 Å². The molecule has 0 radical (unpaired) electrons. The molecule has 0 heterocycles. The van der Waals surface area contributed by atoms with E-state index in [2.05, 4.69) is 0 Å². The van der Waals surface area contributed by atoms with Crippen molar-refractivity contribution in [1.82, 2.24) is 0 Å². The Morgan fingerprint density at radius 1 is 1.20 bits per heavy atom. The fraction of sp³-hybridized carbons (Fsp3) is 0.500. The van der Waals surface area contributed by atoms with E-state index in [0.29, 0.717) is 12.8 Å². The van der Waals surface area contributed by atoms with Crippen LogP contribution in [0.3, 0.4) is 0 Å². The number of rotatable bonds is 5. The molecule has 3 heteroatoms. The first-order valence-corrected chi connectivity index (χ1v) is 5.15. The monoisotopic (exact) mass is 210 g/mol. The van der Waals surface area contributed by atoms with E-state index < -0.39 is 5.41 Å². The van der Waals surface area contributed by atoms with Crippen molar-refractivity contribution >= 4 is 0 Å². The van der Waals surface area contributed by atoms with Crippen LogP contribution in [0.25, 0.3) is 0 Å². The predicted octanol–water partition coefficient (Wildman–Crippen LogP) is 1.32. The first kappa shape index (κ1) is 12.0. The Morgan fingerprint density at radius 3 is 2.33 bits per heavy atom. The molecule has 0 aliphatic carbocycles. The van der Waals surface area contributed by atoms with Crippen LogP contribution in [0.1, 0.15) is 18.9 Å². The number of benzene rings is 1. The fourth-order valence-electron chi connectivity index (χ4n) is 1.61. The molecular weight excluding hydrogens is 192 g/mol. The minimum Gasteiger partial charge on any atom is -0.508 e. The van der Waals surface area contributed by atoms with Crippen LogP contribution in [0, 0.1) is 5.41 Å². The van der Waals surface area contributed by atoms with Crippen molar-refractivity contribution in [1.29, 1.82) is 0 Å². The van der Waals surface area contributed by atoms with Crippen LogP contribution in [0.2, 0.25) is 0 Å². The van der Waals surface area contributed by atoms with Gasteiger partial charge in [0.05, 0.1) is 13.2 Å². The van der Waals surface area contributed by atoms with Crippen molar-refractivity contribution in [2.75, 3.05) is 13.2 Å². The number of phenols is 1. The van der Waals surface area contributed by atoms with Crippen LogP contribution in [-0.4, -0.2) is 28.5 Å². The number of phenolic OH excluding ortho intramolecular Hbond substituents is 1. The number of hydrogen-bond donors (Lipinski definition) is 3. The second-order valence-corrected chi connectivity index (χ2v) is 4.02. The van der Waals surface area contributed by atoms with Gasteiger partial charge in [0.2, 0.25) is 0 Å². The lowest BCUT2D eigenvalue weighted by Crippen LogP contribution is -2.31. The number of aromatic hydroxyl groups is 1. The van der Waals surface area contributed by atoms with E-state index in [1.165, 1.54) is 0 Å². The van der Waals surface area contributed by atoms with Gasteiger partial charge in [-0.2, -0.15) is 0 Å². The zero-order chi connectivity index (χ0) is 11.3.